The molecule has 2 heterocycles. The summed E-state index contributed by atoms with van der Waals surface area (Å²) in [5.74, 6) is -6.44. The van der Waals surface area contributed by atoms with Gasteiger partial charge in [0.15, 0.2) is 5.60 Å². The van der Waals surface area contributed by atoms with Gasteiger partial charge in [-0.25, -0.2) is 9.59 Å². The van der Waals surface area contributed by atoms with Crippen molar-refractivity contribution in [2.24, 2.45) is 0 Å². The molecule has 0 saturated heterocycles. The van der Waals surface area contributed by atoms with E-state index in [0.29, 0.717) is 6.21 Å². The van der Waals surface area contributed by atoms with Gasteiger partial charge in [0.05, 0.1) is 28.2 Å². The van der Waals surface area contributed by atoms with Crippen LogP contribution < -0.4 is 4.74 Å². The van der Waals surface area contributed by atoms with Crippen LogP contribution in [0.1, 0.15) is 61.4 Å². The quantitative estimate of drug-likeness (QED) is 0.279. The first-order valence-electron chi connectivity index (χ1n) is 10.4. The third kappa shape index (κ3) is 2.76. The van der Waals surface area contributed by atoms with Crippen molar-refractivity contribution in [3.63, 3.8) is 0 Å². The average molecular weight is 475 g/mol. The number of esters is 1. The number of carboxylic acids is 2. The summed E-state index contributed by atoms with van der Waals surface area (Å²) in [7, 11) is 0. The molecule has 10 heteroatoms. The average Bonchev–Trinajstić information content (AvgIpc) is 3.10. The summed E-state index contributed by atoms with van der Waals surface area (Å²) in [6, 6.07) is 10.2. The number of carboxylic acid groups (broad SMARTS) is 2. The zero-order chi connectivity index (χ0) is 25.2. The van der Waals surface area contributed by atoms with E-state index in [9.17, 15) is 34.8 Å². The summed E-state index contributed by atoms with van der Waals surface area (Å²) >= 11 is 0. The van der Waals surface area contributed by atoms with Crippen LogP contribution in [0.5, 0.6) is 23.0 Å². The zero-order valence-electron chi connectivity index (χ0n) is 18.0. The second kappa shape index (κ2) is 7.32. The number of phenols is 2. The zero-order valence-corrected chi connectivity index (χ0v) is 18.0. The molecule has 0 radical (unpaired) electrons. The van der Waals surface area contributed by atoms with Gasteiger partial charge in [-0.05, 0) is 25.1 Å². The Morgan fingerprint density at radius 2 is 1.80 bits per heavy atom. The second-order valence-electron chi connectivity index (χ2n) is 8.16. The van der Waals surface area contributed by atoms with Gasteiger partial charge in [-0.2, -0.15) is 0 Å². The number of aromatic carboxylic acids is 1. The number of hydrogen-bond acceptors (Lipinski definition) is 8. The molecule has 2 aliphatic heterocycles. The fourth-order valence-electron chi connectivity index (χ4n) is 4.82. The molecule has 2 unspecified atom stereocenters. The van der Waals surface area contributed by atoms with Crippen molar-refractivity contribution < 1.29 is 44.3 Å². The minimum atomic E-state index is -1.92. The van der Waals surface area contributed by atoms with Crippen LogP contribution in [0, 0.1) is 5.41 Å². The first-order valence-corrected chi connectivity index (χ1v) is 10.4. The SMILES string of the molecule is CC(C(=O)O)c1c(O)c(C=N)c(C(=O)O)c2c1Oc1cc(O)ccc1C21OC(=O)c2ccccc21. The van der Waals surface area contributed by atoms with Crippen LogP contribution in [0.15, 0.2) is 42.5 Å². The standard InChI is InChI=1S/C25H17NO9/c1-10(22(29)30)17-20(28)13(9-26)18(23(31)32)19-21(17)34-16-8-11(27)6-7-15(16)25(19)14-5-3-2-4-12(14)24(33)35-25/h2-10,26-28H,1H3,(H,29,30)(H,31,32). The van der Waals surface area contributed by atoms with Gasteiger partial charge in [0.25, 0.3) is 0 Å². The van der Waals surface area contributed by atoms with E-state index in [1.54, 1.807) is 18.2 Å². The second-order valence-corrected chi connectivity index (χ2v) is 8.16. The number of aromatic hydroxyl groups is 2. The van der Waals surface area contributed by atoms with E-state index in [0.717, 1.165) is 0 Å². The van der Waals surface area contributed by atoms with E-state index < -0.39 is 46.3 Å². The van der Waals surface area contributed by atoms with Gasteiger partial charge in [-0.15, -0.1) is 0 Å². The first-order chi connectivity index (χ1) is 16.6. The number of carbonyl (C=O) groups is 3. The summed E-state index contributed by atoms with van der Waals surface area (Å²) in [6.45, 7) is 1.26. The molecule has 0 saturated carbocycles. The molecular weight excluding hydrogens is 458 g/mol. The Bertz CT molecular complexity index is 1490. The Morgan fingerprint density at radius 3 is 2.46 bits per heavy atom. The van der Waals surface area contributed by atoms with Crippen LogP contribution in [0.25, 0.3) is 0 Å². The molecule has 0 fully saturated rings. The van der Waals surface area contributed by atoms with Crippen molar-refractivity contribution in [3.8, 4) is 23.0 Å². The fourth-order valence-corrected chi connectivity index (χ4v) is 4.82. The van der Waals surface area contributed by atoms with E-state index in [2.05, 4.69) is 0 Å². The third-order valence-electron chi connectivity index (χ3n) is 6.34. The third-order valence-corrected chi connectivity index (χ3v) is 6.34. The lowest BCUT2D eigenvalue weighted by Crippen LogP contribution is -2.36. The van der Waals surface area contributed by atoms with E-state index >= 15 is 0 Å². The molecule has 1 spiro atoms. The highest BCUT2D eigenvalue weighted by Gasteiger charge is 2.57. The highest BCUT2D eigenvalue weighted by atomic mass is 16.6. The lowest BCUT2D eigenvalue weighted by atomic mass is 9.73. The van der Waals surface area contributed by atoms with Crippen LogP contribution in [0.3, 0.4) is 0 Å². The van der Waals surface area contributed by atoms with Crippen LogP contribution in [0.4, 0.5) is 0 Å². The maximum atomic E-state index is 13.0. The summed E-state index contributed by atoms with van der Waals surface area (Å²) < 4.78 is 11.9. The molecule has 0 amide bonds. The molecule has 2 aliphatic rings. The van der Waals surface area contributed by atoms with Gasteiger partial charge >= 0.3 is 17.9 Å². The van der Waals surface area contributed by atoms with E-state index in [-0.39, 0.29) is 45.1 Å². The van der Waals surface area contributed by atoms with Crippen molar-refractivity contribution in [2.75, 3.05) is 0 Å². The normalized spacial score (nSPS) is 18.0. The molecule has 3 aromatic rings. The van der Waals surface area contributed by atoms with Crippen LogP contribution in [0.2, 0.25) is 0 Å². The van der Waals surface area contributed by atoms with Crippen LogP contribution in [-0.2, 0) is 15.1 Å². The predicted molar refractivity (Wildman–Crippen MR) is 119 cm³/mol. The summed E-state index contributed by atoms with van der Waals surface area (Å²) in [6.07, 6.45) is 0.597. The first kappa shape index (κ1) is 22.0. The van der Waals surface area contributed by atoms with Crippen LogP contribution in [-0.4, -0.2) is 44.5 Å². The predicted octanol–water partition coefficient (Wildman–Crippen LogP) is 3.55. The molecule has 10 nitrogen and oxygen atoms in total. The number of aliphatic carboxylic acids is 1. The Morgan fingerprint density at radius 1 is 1.09 bits per heavy atom. The Labute approximate surface area is 197 Å². The van der Waals surface area contributed by atoms with E-state index in [1.165, 1.54) is 31.2 Å². The Kier molecular flexibility index (Phi) is 4.59. The molecule has 176 valence electrons. The highest BCUT2D eigenvalue weighted by Crippen LogP contribution is 2.60. The Balaban J connectivity index is 2.06. The molecule has 5 N–H and O–H groups in total. The number of fused-ring (bicyclic) bond motifs is 6. The molecule has 3 aromatic carbocycles. The highest BCUT2D eigenvalue weighted by molar-refractivity contribution is 6.06. The fraction of sp³-hybridized carbons (Fsp3) is 0.120. The van der Waals surface area contributed by atoms with Gasteiger partial charge in [0.2, 0.25) is 0 Å². The molecule has 0 aliphatic carbocycles. The lowest BCUT2D eigenvalue weighted by molar-refractivity contribution is -0.138. The maximum Gasteiger partial charge on any atom is 0.340 e. The topological polar surface area (TPSA) is 174 Å². The number of hydrogen-bond donors (Lipinski definition) is 5. The minimum absolute atomic E-state index is 0.0285. The number of nitrogens with one attached hydrogen (secondary N) is 1. The summed E-state index contributed by atoms with van der Waals surface area (Å²) in [5, 5.41) is 48.8. The number of rotatable bonds is 4. The van der Waals surface area contributed by atoms with Crippen molar-refractivity contribution >= 4 is 24.1 Å². The van der Waals surface area contributed by atoms with Crippen molar-refractivity contribution in [1.82, 2.24) is 0 Å². The number of benzene rings is 3. The van der Waals surface area contributed by atoms with Crippen molar-refractivity contribution in [1.29, 1.82) is 5.41 Å². The van der Waals surface area contributed by atoms with E-state index in [1.807, 2.05) is 0 Å². The summed E-state index contributed by atoms with van der Waals surface area (Å²) in [4.78, 5) is 37.5. The molecule has 5 rings (SSSR count). The largest absolute Gasteiger partial charge is 0.508 e. The number of ether oxygens (including phenoxy) is 2. The van der Waals surface area contributed by atoms with Crippen molar-refractivity contribution in [3.05, 3.63) is 81.4 Å². The van der Waals surface area contributed by atoms with Gasteiger partial charge < -0.3 is 35.3 Å². The molecular formula is C25H17NO9. The number of phenolic OH excluding ortho intramolecular Hbond substituents is 2. The van der Waals surface area contributed by atoms with Gasteiger partial charge in [0, 0.05) is 29.0 Å². The molecule has 2 atom stereocenters. The molecule has 0 bridgehead atoms. The van der Waals surface area contributed by atoms with Gasteiger partial charge in [-0.3, -0.25) is 4.79 Å². The summed E-state index contributed by atoms with van der Waals surface area (Å²) in [5.41, 5.74) is -2.92. The lowest BCUT2D eigenvalue weighted by Gasteiger charge is -2.39. The van der Waals surface area contributed by atoms with Gasteiger partial charge in [-0.1, -0.05) is 18.2 Å². The monoisotopic (exact) mass is 475 g/mol. The van der Waals surface area contributed by atoms with Crippen molar-refractivity contribution in [2.45, 2.75) is 18.4 Å². The molecule has 35 heavy (non-hydrogen) atoms. The Hall–Kier alpha value is -4.86. The smallest absolute Gasteiger partial charge is 0.340 e. The molecule has 0 aromatic heterocycles. The maximum absolute atomic E-state index is 13.0. The van der Waals surface area contributed by atoms with Crippen LogP contribution >= 0.6 is 0 Å². The minimum Gasteiger partial charge on any atom is -0.508 e. The van der Waals surface area contributed by atoms with Gasteiger partial charge in [0.1, 0.15) is 23.0 Å². The number of carbonyl (C=O) groups excluding carboxylic acids is 1. The van der Waals surface area contributed by atoms with E-state index in [4.69, 9.17) is 14.9 Å².